The van der Waals surface area contributed by atoms with Gasteiger partial charge in [0.2, 0.25) is 0 Å². The quantitative estimate of drug-likeness (QED) is 0.934. The number of nitrogens with zero attached hydrogens (tertiary/aromatic N) is 1. The fraction of sp³-hybridized carbons (Fsp3) is 0.333. The normalized spacial score (nSPS) is 15.0. The van der Waals surface area contributed by atoms with Gasteiger partial charge in [0.1, 0.15) is 0 Å². The zero-order chi connectivity index (χ0) is 17.8. The maximum Gasteiger partial charge on any atom is 0.253 e. The summed E-state index contributed by atoms with van der Waals surface area (Å²) in [6, 6.07) is 15.4. The van der Waals surface area contributed by atoms with Crippen LogP contribution in [-0.4, -0.2) is 35.8 Å². The summed E-state index contributed by atoms with van der Waals surface area (Å²) in [5.41, 5.74) is 3.60. The molecule has 0 bridgehead atoms. The molecule has 1 fully saturated rings. The van der Waals surface area contributed by atoms with Crippen LogP contribution in [0.1, 0.15) is 44.7 Å². The van der Waals surface area contributed by atoms with Gasteiger partial charge >= 0.3 is 0 Å². The van der Waals surface area contributed by atoms with E-state index in [1.807, 2.05) is 67.3 Å². The number of hydrogen-bond donors (Lipinski definition) is 1. The van der Waals surface area contributed by atoms with E-state index in [-0.39, 0.29) is 17.9 Å². The Hall–Kier alpha value is -2.62. The second-order valence-corrected chi connectivity index (χ2v) is 6.78. The minimum absolute atomic E-state index is 0.0350. The Bertz CT molecular complexity index is 777. The number of aryl methyl sites for hydroxylation is 2. The molecular formula is C21H24N2O2. The van der Waals surface area contributed by atoms with Crippen LogP contribution in [0.3, 0.4) is 0 Å². The van der Waals surface area contributed by atoms with E-state index in [0.717, 1.165) is 29.5 Å². The molecule has 2 aromatic rings. The molecule has 1 aliphatic rings. The van der Waals surface area contributed by atoms with E-state index in [1.54, 1.807) is 0 Å². The van der Waals surface area contributed by atoms with Crippen molar-refractivity contribution in [2.45, 2.75) is 32.7 Å². The number of carbonyl (C=O) groups is 2. The molecule has 25 heavy (non-hydrogen) atoms. The molecule has 130 valence electrons. The molecule has 0 aromatic heterocycles. The van der Waals surface area contributed by atoms with E-state index in [2.05, 4.69) is 5.32 Å². The third-order valence-electron chi connectivity index (χ3n) is 4.66. The second kappa shape index (κ2) is 7.51. The highest BCUT2D eigenvalue weighted by Crippen LogP contribution is 2.15. The number of piperidine rings is 1. The lowest BCUT2D eigenvalue weighted by Gasteiger charge is -2.32. The van der Waals surface area contributed by atoms with Crippen molar-refractivity contribution < 1.29 is 9.59 Å². The monoisotopic (exact) mass is 336 g/mol. The Morgan fingerprint density at radius 2 is 1.48 bits per heavy atom. The van der Waals surface area contributed by atoms with Crippen molar-refractivity contribution in [3.63, 3.8) is 0 Å². The van der Waals surface area contributed by atoms with Crippen molar-refractivity contribution in [3.05, 3.63) is 70.8 Å². The summed E-state index contributed by atoms with van der Waals surface area (Å²) in [5, 5.41) is 3.09. The third-order valence-corrected chi connectivity index (χ3v) is 4.66. The molecule has 4 nitrogen and oxygen atoms in total. The smallest absolute Gasteiger partial charge is 0.253 e. The minimum atomic E-state index is -0.0350. The van der Waals surface area contributed by atoms with E-state index in [9.17, 15) is 9.59 Å². The number of carbonyl (C=O) groups excluding carboxylic acids is 2. The van der Waals surface area contributed by atoms with Crippen LogP contribution in [0.25, 0.3) is 0 Å². The lowest BCUT2D eigenvalue weighted by Crippen LogP contribution is -2.46. The van der Waals surface area contributed by atoms with Crippen LogP contribution in [-0.2, 0) is 0 Å². The van der Waals surface area contributed by atoms with Gasteiger partial charge in [-0.25, -0.2) is 0 Å². The molecule has 0 saturated carbocycles. The summed E-state index contributed by atoms with van der Waals surface area (Å²) in [6.07, 6.45) is 1.57. The Balaban J connectivity index is 1.55. The van der Waals surface area contributed by atoms with Gasteiger partial charge in [-0.2, -0.15) is 0 Å². The van der Waals surface area contributed by atoms with Crippen LogP contribution < -0.4 is 5.32 Å². The molecule has 0 spiro atoms. The minimum Gasteiger partial charge on any atom is -0.349 e. The molecule has 1 heterocycles. The van der Waals surface area contributed by atoms with Gasteiger partial charge in [-0.05, 0) is 51.0 Å². The van der Waals surface area contributed by atoms with Gasteiger partial charge in [0.05, 0.1) is 0 Å². The summed E-state index contributed by atoms with van der Waals surface area (Å²) in [7, 11) is 0. The van der Waals surface area contributed by atoms with Crippen molar-refractivity contribution in [3.8, 4) is 0 Å². The Morgan fingerprint density at radius 3 is 2.08 bits per heavy atom. The van der Waals surface area contributed by atoms with Crippen molar-refractivity contribution in [2.24, 2.45) is 0 Å². The number of nitrogens with one attached hydrogen (secondary N) is 1. The van der Waals surface area contributed by atoms with E-state index in [4.69, 9.17) is 0 Å². The molecule has 3 rings (SSSR count). The first-order chi connectivity index (χ1) is 12.0. The van der Waals surface area contributed by atoms with Crippen LogP contribution in [0.4, 0.5) is 0 Å². The first kappa shape index (κ1) is 17.2. The number of likely N-dealkylation sites (tertiary alicyclic amines) is 1. The molecule has 1 aliphatic heterocycles. The topological polar surface area (TPSA) is 49.4 Å². The molecule has 0 unspecified atom stereocenters. The average Bonchev–Trinajstić information content (AvgIpc) is 2.62. The van der Waals surface area contributed by atoms with Gasteiger partial charge in [-0.3, -0.25) is 9.59 Å². The van der Waals surface area contributed by atoms with E-state index < -0.39 is 0 Å². The number of hydrogen-bond acceptors (Lipinski definition) is 2. The number of benzene rings is 2. The fourth-order valence-corrected chi connectivity index (χ4v) is 3.24. The van der Waals surface area contributed by atoms with E-state index in [0.29, 0.717) is 18.7 Å². The Kier molecular flexibility index (Phi) is 5.17. The molecule has 0 atom stereocenters. The van der Waals surface area contributed by atoms with Crippen LogP contribution in [0, 0.1) is 13.8 Å². The summed E-state index contributed by atoms with van der Waals surface area (Å²) >= 11 is 0. The Morgan fingerprint density at radius 1 is 0.920 bits per heavy atom. The van der Waals surface area contributed by atoms with Crippen LogP contribution in [0.5, 0.6) is 0 Å². The van der Waals surface area contributed by atoms with Crippen molar-refractivity contribution in [2.75, 3.05) is 13.1 Å². The summed E-state index contributed by atoms with van der Waals surface area (Å²) < 4.78 is 0. The highest BCUT2D eigenvalue weighted by atomic mass is 16.2. The summed E-state index contributed by atoms with van der Waals surface area (Å²) in [5.74, 6) is 0.0410. The van der Waals surface area contributed by atoms with Crippen molar-refractivity contribution in [1.82, 2.24) is 10.2 Å². The Labute approximate surface area is 148 Å². The second-order valence-electron chi connectivity index (χ2n) is 6.78. The summed E-state index contributed by atoms with van der Waals surface area (Å²) in [4.78, 5) is 26.8. The number of rotatable bonds is 3. The zero-order valence-electron chi connectivity index (χ0n) is 14.8. The first-order valence-electron chi connectivity index (χ1n) is 8.76. The molecular weight excluding hydrogens is 312 g/mol. The molecule has 0 radical (unpaired) electrons. The maximum atomic E-state index is 12.6. The largest absolute Gasteiger partial charge is 0.349 e. The standard InChI is InChI=1S/C21H24N2O2/c1-15-5-3-7-17(13-15)20(24)22-19-9-11-23(12-10-19)21(25)18-8-4-6-16(2)14-18/h3-8,13-14,19H,9-12H2,1-2H3,(H,22,24). The molecule has 2 amide bonds. The summed E-state index contributed by atoms with van der Waals surface area (Å²) in [6.45, 7) is 5.31. The van der Waals surface area contributed by atoms with Crippen molar-refractivity contribution in [1.29, 1.82) is 0 Å². The predicted molar refractivity (Wildman–Crippen MR) is 98.7 cm³/mol. The fourth-order valence-electron chi connectivity index (χ4n) is 3.24. The van der Waals surface area contributed by atoms with Crippen LogP contribution in [0.2, 0.25) is 0 Å². The first-order valence-corrected chi connectivity index (χ1v) is 8.76. The van der Waals surface area contributed by atoms with Gasteiger partial charge < -0.3 is 10.2 Å². The third kappa shape index (κ3) is 4.27. The van der Waals surface area contributed by atoms with Gasteiger partial charge in [-0.1, -0.05) is 35.4 Å². The van der Waals surface area contributed by atoms with Crippen LogP contribution in [0.15, 0.2) is 48.5 Å². The molecule has 0 aliphatic carbocycles. The van der Waals surface area contributed by atoms with E-state index in [1.165, 1.54) is 0 Å². The van der Waals surface area contributed by atoms with Gasteiger partial charge in [0.25, 0.3) is 11.8 Å². The van der Waals surface area contributed by atoms with Crippen LogP contribution >= 0.6 is 0 Å². The predicted octanol–water partition coefficient (Wildman–Crippen LogP) is 3.34. The van der Waals surface area contributed by atoms with Gasteiger partial charge in [0.15, 0.2) is 0 Å². The van der Waals surface area contributed by atoms with Gasteiger partial charge in [-0.15, -0.1) is 0 Å². The number of amides is 2. The molecule has 1 N–H and O–H groups in total. The molecule has 1 saturated heterocycles. The highest BCUT2D eigenvalue weighted by Gasteiger charge is 2.24. The lowest BCUT2D eigenvalue weighted by molar-refractivity contribution is 0.0698. The zero-order valence-corrected chi connectivity index (χ0v) is 14.8. The highest BCUT2D eigenvalue weighted by molar-refractivity contribution is 5.95. The molecule has 2 aromatic carbocycles. The maximum absolute atomic E-state index is 12.6. The SMILES string of the molecule is Cc1cccc(C(=O)NC2CCN(C(=O)c3cccc(C)c3)CC2)c1. The van der Waals surface area contributed by atoms with Gasteiger partial charge in [0, 0.05) is 30.3 Å². The average molecular weight is 336 g/mol. The van der Waals surface area contributed by atoms with E-state index >= 15 is 0 Å². The lowest BCUT2D eigenvalue weighted by atomic mass is 10.0. The van der Waals surface area contributed by atoms with Crippen molar-refractivity contribution >= 4 is 11.8 Å². The molecule has 4 heteroatoms.